The molecule has 1 atom stereocenters. The van der Waals surface area contributed by atoms with Crippen LogP contribution in [0.15, 0.2) is 24.4 Å². The molecule has 0 bridgehead atoms. The summed E-state index contributed by atoms with van der Waals surface area (Å²) in [6.45, 7) is 5.08. The molecule has 5 N–H and O–H groups in total. The Labute approximate surface area is 224 Å². The molecular formula is C25H30N8O6. The second-order valence-corrected chi connectivity index (χ2v) is 8.57. The van der Waals surface area contributed by atoms with Crippen LogP contribution < -0.4 is 26.4 Å². The molecule has 2 aromatic heterocycles. The molecule has 0 fully saturated rings. The maximum absolute atomic E-state index is 13.0. The molecule has 1 amide bonds. The zero-order chi connectivity index (χ0) is 27.9. The van der Waals surface area contributed by atoms with E-state index in [0.29, 0.717) is 42.3 Å². The van der Waals surface area contributed by atoms with Crippen LogP contribution in [0.4, 0.5) is 17.5 Å². The highest BCUT2D eigenvalue weighted by atomic mass is 16.5. The third kappa shape index (κ3) is 6.58. The number of amides is 1. The Morgan fingerprint density at radius 3 is 2.69 bits per heavy atom. The SMILES string of the molecule is CCOC(=O)CC[C@H](NC(=O)c1ccc2c(c1)OCCN2Cc1cnc2nc(N)nc(N)c2n1)C(=O)OCC. The lowest BCUT2D eigenvalue weighted by Gasteiger charge is -2.31. The fourth-order valence-electron chi connectivity index (χ4n) is 4.07. The monoisotopic (exact) mass is 538 g/mol. The summed E-state index contributed by atoms with van der Waals surface area (Å²) < 4.78 is 15.8. The number of nitrogens with one attached hydrogen (secondary N) is 1. The van der Waals surface area contributed by atoms with Crippen LogP contribution in [0.25, 0.3) is 11.2 Å². The average Bonchev–Trinajstić information content (AvgIpc) is 2.91. The fourth-order valence-corrected chi connectivity index (χ4v) is 4.07. The zero-order valence-corrected chi connectivity index (χ0v) is 21.7. The lowest BCUT2D eigenvalue weighted by atomic mass is 10.1. The normalized spacial score (nSPS) is 13.2. The van der Waals surface area contributed by atoms with Gasteiger partial charge in [-0.15, -0.1) is 0 Å². The predicted octanol–water partition coefficient (Wildman–Crippen LogP) is 0.988. The molecule has 206 valence electrons. The summed E-state index contributed by atoms with van der Waals surface area (Å²) in [6.07, 6.45) is 1.60. The van der Waals surface area contributed by atoms with E-state index >= 15 is 0 Å². The van der Waals surface area contributed by atoms with Gasteiger partial charge in [-0.2, -0.15) is 9.97 Å². The highest BCUT2D eigenvalue weighted by Gasteiger charge is 2.26. The number of nitrogens with two attached hydrogens (primary N) is 2. The van der Waals surface area contributed by atoms with Crippen molar-refractivity contribution in [3.8, 4) is 5.75 Å². The number of benzene rings is 1. The van der Waals surface area contributed by atoms with Gasteiger partial charge in [0.05, 0.1) is 43.9 Å². The maximum atomic E-state index is 13.0. The number of carbonyl (C=O) groups is 3. The van der Waals surface area contributed by atoms with Crippen molar-refractivity contribution in [3.05, 3.63) is 35.7 Å². The first-order valence-corrected chi connectivity index (χ1v) is 12.5. The number of hydrogen-bond donors (Lipinski definition) is 3. The minimum absolute atomic E-state index is 0.0246. The van der Waals surface area contributed by atoms with Crippen molar-refractivity contribution in [2.45, 2.75) is 39.3 Å². The van der Waals surface area contributed by atoms with Crippen molar-refractivity contribution in [2.75, 3.05) is 42.7 Å². The first-order valence-electron chi connectivity index (χ1n) is 12.5. The second-order valence-electron chi connectivity index (χ2n) is 8.57. The number of fused-ring (bicyclic) bond motifs is 2. The minimum atomic E-state index is -1.01. The summed E-state index contributed by atoms with van der Waals surface area (Å²) in [5.74, 6) is -0.919. The van der Waals surface area contributed by atoms with E-state index in [2.05, 4.69) is 25.3 Å². The molecule has 0 unspecified atom stereocenters. The molecule has 1 aliphatic rings. The van der Waals surface area contributed by atoms with Crippen LogP contribution in [0, 0.1) is 0 Å². The number of carbonyl (C=O) groups excluding carboxylic acids is 3. The van der Waals surface area contributed by atoms with Crippen LogP contribution in [-0.4, -0.2) is 70.2 Å². The van der Waals surface area contributed by atoms with E-state index in [9.17, 15) is 14.4 Å². The van der Waals surface area contributed by atoms with Crippen LogP contribution in [0.3, 0.4) is 0 Å². The number of esters is 2. The number of aromatic nitrogens is 4. The van der Waals surface area contributed by atoms with Gasteiger partial charge >= 0.3 is 11.9 Å². The third-order valence-electron chi connectivity index (χ3n) is 5.85. The quantitative estimate of drug-likeness (QED) is 0.309. The molecule has 0 aliphatic carbocycles. The van der Waals surface area contributed by atoms with Gasteiger partial charge in [0.25, 0.3) is 5.91 Å². The van der Waals surface area contributed by atoms with Crippen molar-refractivity contribution in [1.29, 1.82) is 0 Å². The standard InChI is InChI=1S/C25H30N8O6/c1-3-37-19(34)8-6-16(24(36)38-4-2)30-23(35)14-5-7-17-18(11-14)39-10-9-33(17)13-15-12-28-22-20(29-15)21(26)31-25(27)32-22/h5,7,11-12,16H,3-4,6,8-10,13H2,1-2H3,(H,30,35)(H4,26,27,28,31,32)/t16-/m0/s1. The second kappa shape index (κ2) is 12.2. The molecule has 0 radical (unpaired) electrons. The van der Waals surface area contributed by atoms with Crippen LogP contribution in [-0.2, 0) is 25.6 Å². The summed E-state index contributed by atoms with van der Waals surface area (Å²) in [4.78, 5) is 56.0. The van der Waals surface area contributed by atoms with Gasteiger partial charge in [0.15, 0.2) is 17.0 Å². The van der Waals surface area contributed by atoms with E-state index in [-0.39, 0.29) is 43.4 Å². The van der Waals surface area contributed by atoms with Crippen LogP contribution >= 0.6 is 0 Å². The Morgan fingerprint density at radius 2 is 1.92 bits per heavy atom. The molecule has 14 nitrogen and oxygen atoms in total. The molecule has 1 aromatic carbocycles. The number of hydrogen-bond acceptors (Lipinski definition) is 13. The Bertz CT molecular complexity index is 1380. The van der Waals surface area contributed by atoms with Crippen LogP contribution in [0.1, 0.15) is 42.7 Å². The van der Waals surface area contributed by atoms with Crippen molar-refractivity contribution in [2.24, 2.45) is 0 Å². The van der Waals surface area contributed by atoms with E-state index in [0.717, 1.165) is 5.69 Å². The average molecular weight is 539 g/mol. The molecule has 39 heavy (non-hydrogen) atoms. The zero-order valence-electron chi connectivity index (χ0n) is 21.7. The highest BCUT2D eigenvalue weighted by molar-refractivity contribution is 5.98. The van der Waals surface area contributed by atoms with Crippen molar-refractivity contribution in [1.82, 2.24) is 25.3 Å². The van der Waals surface area contributed by atoms with Gasteiger partial charge in [-0.05, 0) is 38.5 Å². The molecule has 0 saturated carbocycles. The number of rotatable bonds is 10. The van der Waals surface area contributed by atoms with Gasteiger partial charge in [0.1, 0.15) is 18.4 Å². The van der Waals surface area contributed by atoms with Crippen molar-refractivity contribution >= 4 is 46.5 Å². The smallest absolute Gasteiger partial charge is 0.328 e. The largest absolute Gasteiger partial charge is 0.490 e. The van der Waals surface area contributed by atoms with Crippen molar-refractivity contribution in [3.63, 3.8) is 0 Å². The molecule has 4 rings (SSSR count). The van der Waals surface area contributed by atoms with E-state index < -0.39 is 23.9 Å². The summed E-state index contributed by atoms with van der Waals surface area (Å²) in [5, 5.41) is 2.66. The summed E-state index contributed by atoms with van der Waals surface area (Å²) >= 11 is 0. The van der Waals surface area contributed by atoms with Crippen LogP contribution in [0.5, 0.6) is 5.75 Å². The minimum Gasteiger partial charge on any atom is -0.490 e. The van der Waals surface area contributed by atoms with E-state index in [4.69, 9.17) is 25.7 Å². The number of ether oxygens (including phenoxy) is 3. The van der Waals surface area contributed by atoms with Crippen LogP contribution in [0.2, 0.25) is 0 Å². The summed E-state index contributed by atoms with van der Waals surface area (Å²) in [7, 11) is 0. The number of anilines is 3. The van der Waals surface area contributed by atoms with Gasteiger partial charge in [-0.25, -0.2) is 14.8 Å². The van der Waals surface area contributed by atoms with E-state index in [1.54, 1.807) is 38.2 Å². The third-order valence-corrected chi connectivity index (χ3v) is 5.85. The Hall–Kier alpha value is -4.75. The molecular weight excluding hydrogens is 508 g/mol. The topological polar surface area (TPSA) is 198 Å². The fraction of sp³-hybridized carbons (Fsp3) is 0.400. The molecule has 3 aromatic rings. The lowest BCUT2D eigenvalue weighted by Crippen LogP contribution is -2.42. The Kier molecular flexibility index (Phi) is 8.53. The Morgan fingerprint density at radius 1 is 1.13 bits per heavy atom. The van der Waals surface area contributed by atoms with E-state index in [1.807, 2.05) is 4.90 Å². The summed E-state index contributed by atoms with van der Waals surface area (Å²) in [6, 6.07) is 3.98. The van der Waals surface area contributed by atoms with Gasteiger partial charge < -0.3 is 35.9 Å². The molecule has 1 aliphatic heterocycles. The van der Waals surface area contributed by atoms with Gasteiger partial charge in [0.2, 0.25) is 5.95 Å². The predicted molar refractivity (Wildman–Crippen MR) is 141 cm³/mol. The maximum Gasteiger partial charge on any atom is 0.328 e. The first kappa shape index (κ1) is 27.3. The lowest BCUT2D eigenvalue weighted by molar-refractivity contribution is -0.146. The first-order chi connectivity index (χ1) is 18.8. The van der Waals surface area contributed by atoms with E-state index in [1.165, 1.54) is 0 Å². The molecule has 0 saturated heterocycles. The van der Waals surface area contributed by atoms with Crippen molar-refractivity contribution < 1.29 is 28.6 Å². The van der Waals surface area contributed by atoms with Gasteiger partial charge in [-0.1, -0.05) is 0 Å². The van der Waals surface area contributed by atoms with Gasteiger partial charge in [-0.3, -0.25) is 9.59 Å². The number of nitrogens with zero attached hydrogens (tertiary/aromatic N) is 5. The highest BCUT2D eigenvalue weighted by Crippen LogP contribution is 2.33. The molecule has 14 heteroatoms. The molecule has 0 spiro atoms. The Balaban J connectivity index is 1.48. The number of nitrogen functional groups attached to an aromatic ring is 2. The van der Waals surface area contributed by atoms with Gasteiger partial charge in [0, 0.05) is 12.0 Å². The summed E-state index contributed by atoms with van der Waals surface area (Å²) in [5.41, 5.74) is 13.9. The molecule has 3 heterocycles.